The molecule has 0 spiro atoms. The number of rotatable bonds is 6. The molecule has 0 fully saturated rings. The topological polar surface area (TPSA) is 73.8 Å². The minimum absolute atomic E-state index is 0.270. The van der Waals surface area contributed by atoms with Crippen molar-refractivity contribution in [3.05, 3.63) is 91.9 Å². The monoisotopic (exact) mass is 421 g/mol. The number of hydrogen-bond donors (Lipinski definition) is 1. The van der Waals surface area contributed by atoms with Crippen LogP contribution < -0.4 is 16.6 Å². The Morgan fingerprint density at radius 2 is 1.74 bits per heavy atom. The summed E-state index contributed by atoms with van der Waals surface area (Å²) in [6, 6.07) is 14.4. The molecule has 0 aliphatic rings. The fourth-order valence-electron chi connectivity index (χ4n) is 3.70. The van der Waals surface area contributed by atoms with Gasteiger partial charge in [-0.1, -0.05) is 42.0 Å². The average Bonchev–Trinajstić information content (AvgIpc) is 3.10. The highest BCUT2D eigenvalue weighted by Crippen LogP contribution is 2.18. The van der Waals surface area contributed by atoms with Gasteiger partial charge in [-0.15, -0.1) is 0 Å². The van der Waals surface area contributed by atoms with Crippen LogP contribution in [-0.2, 0) is 27.1 Å². The second-order valence-electron chi connectivity index (χ2n) is 7.69. The number of nitrogens with zero attached hydrogens (tertiary/aromatic N) is 4. The SMILES string of the molecule is Cc1cccc(Cn2c(NCCc3ccc(F)cc3)nc3c2c(=O)n(C)c(=O)n3C)c1. The maximum Gasteiger partial charge on any atom is 0.332 e. The standard InChI is InChI=1S/C23H24FN5O2/c1-15-5-4-6-17(13-15)14-29-19-20(27(2)23(31)28(3)21(19)30)26-22(29)25-12-11-16-7-9-18(24)10-8-16/h4-10,13H,11-12,14H2,1-3H3,(H,25,26). The van der Waals surface area contributed by atoms with Crippen LogP contribution in [0.1, 0.15) is 16.7 Å². The lowest BCUT2D eigenvalue weighted by Crippen LogP contribution is -2.37. The molecule has 31 heavy (non-hydrogen) atoms. The molecule has 0 saturated heterocycles. The van der Waals surface area contributed by atoms with E-state index in [9.17, 15) is 14.0 Å². The number of nitrogens with one attached hydrogen (secondary N) is 1. The number of aryl methyl sites for hydroxylation is 2. The molecule has 0 atom stereocenters. The fraction of sp³-hybridized carbons (Fsp3) is 0.261. The first-order valence-electron chi connectivity index (χ1n) is 10.1. The first kappa shape index (κ1) is 20.6. The van der Waals surface area contributed by atoms with Crippen molar-refractivity contribution in [2.24, 2.45) is 14.1 Å². The number of anilines is 1. The van der Waals surface area contributed by atoms with Crippen molar-refractivity contribution < 1.29 is 4.39 Å². The lowest BCUT2D eigenvalue weighted by atomic mass is 10.1. The summed E-state index contributed by atoms with van der Waals surface area (Å²) in [5.41, 5.74) is 3.03. The highest BCUT2D eigenvalue weighted by molar-refractivity contribution is 5.74. The van der Waals surface area contributed by atoms with Crippen LogP contribution in [0.25, 0.3) is 11.2 Å². The van der Waals surface area contributed by atoms with Crippen molar-refractivity contribution in [3.8, 4) is 0 Å². The van der Waals surface area contributed by atoms with Crippen LogP contribution in [0.3, 0.4) is 0 Å². The molecule has 0 aliphatic heterocycles. The first-order chi connectivity index (χ1) is 14.8. The summed E-state index contributed by atoms with van der Waals surface area (Å²) in [6.45, 7) is 2.99. The zero-order valence-electron chi connectivity index (χ0n) is 17.7. The second kappa shape index (κ2) is 8.22. The van der Waals surface area contributed by atoms with Gasteiger partial charge in [-0.2, -0.15) is 4.98 Å². The van der Waals surface area contributed by atoms with E-state index < -0.39 is 5.69 Å². The van der Waals surface area contributed by atoms with E-state index in [1.54, 1.807) is 19.2 Å². The van der Waals surface area contributed by atoms with E-state index in [0.29, 0.717) is 36.6 Å². The van der Waals surface area contributed by atoms with E-state index in [1.165, 1.54) is 23.7 Å². The highest BCUT2D eigenvalue weighted by atomic mass is 19.1. The van der Waals surface area contributed by atoms with Crippen molar-refractivity contribution >= 4 is 17.1 Å². The highest BCUT2D eigenvalue weighted by Gasteiger charge is 2.19. The van der Waals surface area contributed by atoms with Gasteiger partial charge in [0.25, 0.3) is 5.56 Å². The van der Waals surface area contributed by atoms with Gasteiger partial charge in [0.2, 0.25) is 5.95 Å². The Morgan fingerprint density at radius 1 is 1.00 bits per heavy atom. The molecule has 7 nitrogen and oxygen atoms in total. The van der Waals surface area contributed by atoms with Gasteiger partial charge in [0.15, 0.2) is 11.2 Å². The zero-order valence-corrected chi connectivity index (χ0v) is 17.7. The van der Waals surface area contributed by atoms with Crippen molar-refractivity contribution in [1.82, 2.24) is 18.7 Å². The maximum atomic E-state index is 13.1. The molecule has 4 rings (SSSR count). The van der Waals surface area contributed by atoms with Gasteiger partial charge in [-0.3, -0.25) is 18.5 Å². The molecule has 8 heteroatoms. The van der Waals surface area contributed by atoms with Crippen LogP contribution in [0.5, 0.6) is 0 Å². The van der Waals surface area contributed by atoms with E-state index in [1.807, 2.05) is 29.7 Å². The third-order valence-corrected chi connectivity index (χ3v) is 5.38. The summed E-state index contributed by atoms with van der Waals surface area (Å²) in [5.74, 6) is 0.241. The molecule has 0 saturated carbocycles. The van der Waals surface area contributed by atoms with E-state index in [2.05, 4.69) is 16.4 Å². The van der Waals surface area contributed by atoms with Crippen LogP contribution in [-0.4, -0.2) is 25.2 Å². The molecule has 2 aromatic carbocycles. The summed E-state index contributed by atoms with van der Waals surface area (Å²) in [5, 5.41) is 3.29. The number of fused-ring (bicyclic) bond motifs is 1. The third kappa shape index (κ3) is 4.01. The Bertz CT molecular complexity index is 1370. The Labute approximate surface area is 178 Å². The summed E-state index contributed by atoms with van der Waals surface area (Å²) in [6.07, 6.45) is 0.658. The van der Waals surface area contributed by atoms with Gasteiger partial charge in [0.1, 0.15) is 5.82 Å². The van der Waals surface area contributed by atoms with Gasteiger partial charge >= 0.3 is 5.69 Å². The second-order valence-corrected chi connectivity index (χ2v) is 7.69. The molecule has 0 amide bonds. The summed E-state index contributed by atoms with van der Waals surface area (Å²) < 4.78 is 17.4. The Morgan fingerprint density at radius 3 is 2.45 bits per heavy atom. The number of halogens is 1. The van der Waals surface area contributed by atoms with Crippen LogP contribution in [0.4, 0.5) is 10.3 Å². The predicted octanol–water partition coefficient (Wildman–Crippen LogP) is 2.58. The molecule has 0 radical (unpaired) electrons. The Hall–Kier alpha value is -3.68. The average molecular weight is 421 g/mol. The van der Waals surface area contributed by atoms with Gasteiger partial charge in [-0.05, 0) is 36.6 Å². The summed E-state index contributed by atoms with van der Waals surface area (Å²) in [7, 11) is 3.08. The molecule has 2 heterocycles. The molecule has 2 aromatic heterocycles. The van der Waals surface area contributed by atoms with E-state index in [4.69, 9.17) is 0 Å². The van der Waals surface area contributed by atoms with E-state index in [-0.39, 0.29) is 11.4 Å². The number of aromatic nitrogens is 4. The number of imidazole rings is 1. The van der Waals surface area contributed by atoms with Gasteiger partial charge in [-0.25, -0.2) is 9.18 Å². The van der Waals surface area contributed by atoms with Crippen LogP contribution >= 0.6 is 0 Å². The van der Waals surface area contributed by atoms with Gasteiger partial charge in [0.05, 0.1) is 6.54 Å². The van der Waals surface area contributed by atoms with Crippen molar-refractivity contribution in [2.75, 3.05) is 11.9 Å². The maximum absolute atomic E-state index is 13.1. The quantitative estimate of drug-likeness (QED) is 0.519. The first-order valence-corrected chi connectivity index (χ1v) is 10.1. The van der Waals surface area contributed by atoms with Gasteiger partial charge < -0.3 is 5.32 Å². The molecule has 0 bridgehead atoms. The molecule has 1 N–H and O–H groups in total. The van der Waals surface area contributed by atoms with Crippen LogP contribution in [0.15, 0.2) is 58.1 Å². The van der Waals surface area contributed by atoms with Crippen LogP contribution in [0, 0.1) is 12.7 Å². The largest absolute Gasteiger partial charge is 0.355 e. The molecule has 0 aliphatic carbocycles. The normalized spacial score (nSPS) is 11.2. The zero-order chi connectivity index (χ0) is 22.1. The smallest absolute Gasteiger partial charge is 0.332 e. The third-order valence-electron chi connectivity index (χ3n) is 5.38. The lowest BCUT2D eigenvalue weighted by molar-refractivity contribution is 0.627. The number of benzene rings is 2. The Balaban J connectivity index is 1.74. The minimum Gasteiger partial charge on any atom is -0.355 e. The van der Waals surface area contributed by atoms with E-state index >= 15 is 0 Å². The van der Waals surface area contributed by atoms with Gasteiger partial charge in [0, 0.05) is 20.6 Å². The van der Waals surface area contributed by atoms with Crippen molar-refractivity contribution in [1.29, 1.82) is 0 Å². The molecule has 0 unspecified atom stereocenters. The molecule has 4 aromatic rings. The predicted molar refractivity (Wildman–Crippen MR) is 119 cm³/mol. The van der Waals surface area contributed by atoms with E-state index in [0.717, 1.165) is 21.3 Å². The fourth-order valence-corrected chi connectivity index (χ4v) is 3.70. The van der Waals surface area contributed by atoms with Crippen molar-refractivity contribution in [2.45, 2.75) is 19.9 Å². The number of hydrogen-bond acceptors (Lipinski definition) is 4. The van der Waals surface area contributed by atoms with Crippen molar-refractivity contribution in [3.63, 3.8) is 0 Å². The molecule has 160 valence electrons. The lowest BCUT2D eigenvalue weighted by Gasteiger charge is -2.12. The molecular weight excluding hydrogens is 397 g/mol. The summed E-state index contributed by atoms with van der Waals surface area (Å²) in [4.78, 5) is 29.9. The summed E-state index contributed by atoms with van der Waals surface area (Å²) >= 11 is 0. The molecular formula is C23H24FN5O2. The Kier molecular flexibility index (Phi) is 5.46. The van der Waals surface area contributed by atoms with Crippen LogP contribution in [0.2, 0.25) is 0 Å². The minimum atomic E-state index is -0.421.